The molecule has 1 heterocycles. The predicted molar refractivity (Wildman–Crippen MR) is 100 cm³/mol. The van der Waals surface area contributed by atoms with E-state index in [2.05, 4.69) is 49.8 Å². The van der Waals surface area contributed by atoms with Crippen molar-refractivity contribution in [1.29, 1.82) is 0 Å². The van der Waals surface area contributed by atoms with Gasteiger partial charge in [0.25, 0.3) is 0 Å². The van der Waals surface area contributed by atoms with Gasteiger partial charge in [-0.05, 0) is 35.6 Å². The van der Waals surface area contributed by atoms with Crippen LogP contribution in [0.2, 0.25) is 0 Å². The Bertz CT molecular complexity index is 775. The first-order valence-electron chi connectivity index (χ1n) is 7.73. The van der Waals surface area contributed by atoms with Crippen molar-refractivity contribution in [1.82, 2.24) is 14.8 Å². The van der Waals surface area contributed by atoms with E-state index in [1.54, 1.807) is 11.8 Å². The minimum Gasteiger partial charge on any atom is -0.486 e. The largest absolute Gasteiger partial charge is 0.486 e. The van der Waals surface area contributed by atoms with E-state index < -0.39 is 0 Å². The highest BCUT2D eigenvalue weighted by Gasteiger charge is 2.13. The number of ether oxygens (including phenoxy) is 1. The maximum Gasteiger partial charge on any atom is 0.191 e. The molecule has 0 N–H and O–H groups in total. The lowest BCUT2D eigenvalue weighted by Gasteiger charge is -2.11. The Balaban J connectivity index is 1.77. The summed E-state index contributed by atoms with van der Waals surface area (Å²) in [7, 11) is 0. The highest BCUT2D eigenvalue weighted by molar-refractivity contribution is 9.10. The van der Waals surface area contributed by atoms with E-state index in [1.165, 1.54) is 5.56 Å². The van der Waals surface area contributed by atoms with Gasteiger partial charge in [-0.3, -0.25) is 4.57 Å². The number of nitrogens with zero attached hydrogens (tertiary/aromatic N) is 3. The summed E-state index contributed by atoms with van der Waals surface area (Å²) >= 11 is 5.12. The molecule has 3 aromatic rings. The standard InChI is InChI=1S/C18H18BrN3OS/c1-2-24-18-21-20-17(13-23-16-10-8-15(19)9-11-16)22(18)12-14-6-4-3-5-7-14/h3-11H,2,12-13H2,1H3. The second kappa shape index (κ2) is 8.35. The fourth-order valence-corrected chi connectivity index (χ4v) is 3.21. The van der Waals surface area contributed by atoms with Gasteiger partial charge in [-0.2, -0.15) is 0 Å². The molecule has 0 aliphatic carbocycles. The van der Waals surface area contributed by atoms with E-state index in [4.69, 9.17) is 4.74 Å². The van der Waals surface area contributed by atoms with Gasteiger partial charge in [0.1, 0.15) is 12.4 Å². The van der Waals surface area contributed by atoms with Crippen molar-refractivity contribution in [2.75, 3.05) is 5.75 Å². The Kier molecular flexibility index (Phi) is 5.93. The molecule has 1 aromatic heterocycles. The van der Waals surface area contributed by atoms with Crippen molar-refractivity contribution in [3.63, 3.8) is 0 Å². The summed E-state index contributed by atoms with van der Waals surface area (Å²) < 4.78 is 9.02. The summed E-state index contributed by atoms with van der Waals surface area (Å²) in [5.74, 6) is 2.61. The van der Waals surface area contributed by atoms with Crippen LogP contribution in [0, 0.1) is 0 Å². The monoisotopic (exact) mass is 403 g/mol. The van der Waals surface area contributed by atoms with Crippen LogP contribution in [-0.2, 0) is 13.2 Å². The first kappa shape index (κ1) is 17.0. The van der Waals surface area contributed by atoms with Gasteiger partial charge in [0.2, 0.25) is 0 Å². The quantitative estimate of drug-likeness (QED) is 0.532. The molecule has 0 saturated heterocycles. The number of aromatic nitrogens is 3. The summed E-state index contributed by atoms with van der Waals surface area (Å²) in [5, 5.41) is 9.56. The summed E-state index contributed by atoms with van der Waals surface area (Å²) in [6, 6.07) is 18.1. The van der Waals surface area contributed by atoms with Crippen molar-refractivity contribution in [2.45, 2.75) is 25.2 Å². The molecule has 0 aliphatic rings. The van der Waals surface area contributed by atoms with Crippen LogP contribution < -0.4 is 4.74 Å². The average molecular weight is 404 g/mol. The van der Waals surface area contributed by atoms with Gasteiger partial charge < -0.3 is 4.74 Å². The van der Waals surface area contributed by atoms with E-state index in [-0.39, 0.29) is 0 Å². The molecule has 4 nitrogen and oxygen atoms in total. The van der Waals surface area contributed by atoms with Crippen LogP contribution in [0.5, 0.6) is 5.75 Å². The summed E-state index contributed by atoms with van der Waals surface area (Å²) in [5.41, 5.74) is 1.22. The van der Waals surface area contributed by atoms with E-state index in [9.17, 15) is 0 Å². The van der Waals surface area contributed by atoms with Crippen molar-refractivity contribution in [3.8, 4) is 5.75 Å². The van der Waals surface area contributed by atoms with Gasteiger partial charge in [0.05, 0.1) is 6.54 Å². The lowest BCUT2D eigenvalue weighted by Crippen LogP contribution is -2.09. The maximum absolute atomic E-state index is 5.86. The van der Waals surface area contributed by atoms with Crippen molar-refractivity contribution in [3.05, 3.63) is 70.5 Å². The third-order valence-electron chi connectivity index (χ3n) is 3.43. The maximum atomic E-state index is 5.86. The first-order chi connectivity index (χ1) is 11.8. The Morgan fingerprint density at radius 1 is 1.04 bits per heavy atom. The lowest BCUT2D eigenvalue weighted by molar-refractivity contribution is 0.289. The van der Waals surface area contributed by atoms with Crippen molar-refractivity contribution in [2.24, 2.45) is 0 Å². The highest BCUT2D eigenvalue weighted by Crippen LogP contribution is 2.21. The molecule has 0 radical (unpaired) electrons. The van der Waals surface area contributed by atoms with Crippen molar-refractivity contribution >= 4 is 27.7 Å². The van der Waals surface area contributed by atoms with Crippen LogP contribution in [0.25, 0.3) is 0 Å². The molecular formula is C18H18BrN3OS. The molecule has 24 heavy (non-hydrogen) atoms. The Morgan fingerprint density at radius 3 is 2.50 bits per heavy atom. The molecule has 0 saturated carbocycles. The zero-order valence-electron chi connectivity index (χ0n) is 13.4. The van der Waals surface area contributed by atoms with Crippen LogP contribution in [0.15, 0.2) is 64.2 Å². The van der Waals surface area contributed by atoms with E-state index >= 15 is 0 Å². The third kappa shape index (κ3) is 4.39. The summed E-state index contributed by atoms with van der Waals surface area (Å²) in [6.45, 7) is 3.26. The van der Waals surface area contributed by atoms with Crippen LogP contribution in [0.4, 0.5) is 0 Å². The number of benzene rings is 2. The smallest absolute Gasteiger partial charge is 0.191 e. The van der Waals surface area contributed by atoms with Crippen LogP contribution >= 0.6 is 27.7 Å². The third-order valence-corrected chi connectivity index (χ3v) is 4.81. The molecule has 0 aliphatic heterocycles. The van der Waals surface area contributed by atoms with Crippen LogP contribution in [-0.4, -0.2) is 20.5 Å². The number of rotatable bonds is 7. The van der Waals surface area contributed by atoms with Crippen molar-refractivity contribution < 1.29 is 4.74 Å². The highest BCUT2D eigenvalue weighted by atomic mass is 79.9. The Labute approximate surface area is 154 Å². The second-order valence-corrected chi connectivity index (χ2v) is 7.29. The molecular weight excluding hydrogens is 386 g/mol. The minimum absolute atomic E-state index is 0.395. The van der Waals surface area contributed by atoms with Gasteiger partial charge >= 0.3 is 0 Å². The Hall–Kier alpha value is -1.79. The zero-order valence-corrected chi connectivity index (χ0v) is 15.8. The van der Waals surface area contributed by atoms with Crippen LogP contribution in [0.1, 0.15) is 18.3 Å². The molecule has 0 amide bonds. The number of hydrogen-bond acceptors (Lipinski definition) is 4. The molecule has 2 aromatic carbocycles. The molecule has 0 bridgehead atoms. The Morgan fingerprint density at radius 2 is 1.79 bits per heavy atom. The SMILES string of the molecule is CCSc1nnc(COc2ccc(Br)cc2)n1Cc1ccccc1. The molecule has 124 valence electrons. The van der Waals surface area contributed by atoms with Gasteiger partial charge in [-0.1, -0.05) is 64.9 Å². The molecule has 0 unspecified atom stereocenters. The van der Waals surface area contributed by atoms with Crippen LogP contribution in [0.3, 0.4) is 0 Å². The van der Waals surface area contributed by atoms with Gasteiger partial charge in [0, 0.05) is 4.47 Å². The fourth-order valence-electron chi connectivity index (χ4n) is 2.27. The summed E-state index contributed by atoms with van der Waals surface area (Å²) in [4.78, 5) is 0. The minimum atomic E-state index is 0.395. The predicted octanol–water partition coefficient (Wildman–Crippen LogP) is 4.78. The van der Waals surface area contributed by atoms with E-state index in [1.807, 2.05) is 42.5 Å². The normalized spacial score (nSPS) is 10.8. The zero-order chi connectivity index (χ0) is 16.8. The summed E-state index contributed by atoms with van der Waals surface area (Å²) in [6.07, 6.45) is 0. The molecule has 0 fully saturated rings. The van der Waals surface area contributed by atoms with Gasteiger partial charge in [-0.25, -0.2) is 0 Å². The number of thioether (sulfide) groups is 1. The fraction of sp³-hybridized carbons (Fsp3) is 0.222. The second-order valence-electron chi connectivity index (χ2n) is 5.15. The van der Waals surface area contributed by atoms with E-state index in [0.29, 0.717) is 6.61 Å². The topological polar surface area (TPSA) is 39.9 Å². The lowest BCUT2D eigenvalue weighted by atomic mass is 10.2. The van der Waals surface area contributed by atoms with Gasteiger partial charge in [0.15, 0.2) is 11.0 Å². The average Bonchev–Trinajstić information content (AvgIpc) is 2.98. The molecule has 0 spiro atoms. The molecule has 0 atom stereocenters. The molecule has 6 heteroatoms. The number of halogens is 1. The van der Waals surface area contributed by atoms with E-state index in [0.717, 1.165) is 33.5 Å². The number of hydrogen-bond donors (Lipinski definition) is 0. The first-order valence-corrected chi connectivity index (χ1v) is 9.51. The molecule has 3 rings (SSSR count). The van der Waals surface area contributed by atoms with Gasteiger partial charge in [-0.15, -0.1) is 10.2 Å².